The third-order valence-corrected chi connectivity index (χ3v) is 7.20. The van der Waals surface area contributed by atoms with Crippen molar-refractivity contribution in [2.45, 2.75) is 49.1 Å². The van der Waals surface area contributed by atoms with Crippen molar-refractivity contribution in [2.75, 3.05) is 25.4 Å². The van der Waals surface area contributed by atoms with E-state index in [4.69, 9.17) is 9.15 Å². The molecule has 8 nitrogen and oxygen atoms in total. The minimum Gasteiger partial charge on any atom is -0.465 e. The van der Waals surface area contributed by atoms with Gasteiger partial charge in [0, 0.05) is 18.7 Å². The highest BCUT2D eigenvalue weighted by molar-refractivity contribution is 7.99. The maximum atomic E-state index is 12.9. The molecule has 1 aromatic heterocycles. The lowest BCUT2D eigenvalue weighted by molar-refractivity contribution is -0.140. The second kappa shape index (κ2) is 10.2. The van der Waals surface area contributed by atoms with Crippen LogP contribution in [0.25, 0.3) is 11.5 Å². The number of carbonyl (C=O) groups excluding carboxylic acids is 1. The Morgan fingerprint density at radius 3 is 2.79 bits per heavy atom. The molecule has 1 aliphatic rings. The second-order valence-electron chi connectivity index (χ2n) is 6.73. The molecule has 0 spiro atoms. The Morgan fingerprint density at radius 1 is 1.24 bits per heavy atom. The molecular weight excluding hydrogens is 414 g/mol. The SMILES string of the molecule is CCCCOC(=O)CSc1nnc(-c2cccc(S(=O)(=O)N3CCCCC3)c2)o1. The predicted molar refractivity (Wildman–Crippen MR) is 109 cm³/mol. The van der Waals surface area contributed by atoms with Crippen LogP contribution in [-0.2, 0) is 19.6 Å². The van der Waals surface area contributed by atoms with E-state index in [-0.39, 0.29) is 27.7 Å². The number of hydrogen-bond donors (Lipinski definition) is 0. The molecule has 0 atom stereocenters. The molecule has 1 aliphatic heterocycles. The molecule has 1 aromatic carbocycles. The Hall–Kier alpha value is -1.91. The average molecular weight is 440 g/mol. The maximum absolute atomic E-state index is 12.9. The van der Waals surface area contributed by atoms with Crippen LogP contribution in [-0.4, -0.2) is 54.3 Å². The van der Waals surface area contributed by atoms with Gasteiger partial charge in [-0.3, -0.25) is 4.79 Å². The molecule has 0 radical (unpaired) electrons. The van der Waals surface area contributed by atoms with Crippen molar-refractivity contribution in [2.24, 2.45) is 0 Å². The van der Waals surface area contributed by atoms with Crippen LogP contribution >= 0.6 is 11.8 Å². The first-order valence-electron chi connectivity index (χ1n) is 9.73. The topological polar surface area (TPSA) is 103 Å². The minimum atomic E-state index is -3.54. The van der Waals surface area contributed by atoms with Crippen molar-refractivity contribution in [1.82, 2.24) is 14.5 Å². The number of piperidine rings is 1. The summed E-state index contributed by atoms with van der Waals surface area (Å²) >= 11 is 1.09. The van der Waals surface area contributed by atoms with Crippen LogP contribution in [0.4, 0.5) is 0 Å². The fourth-order valence-corrected chi connectivity index (χ4v) is 5.05. The van der Waals surface area contributed by atoms with Gasteiger partial charge in [-0.1, -0.05) is 37.6 Å². The predicted octanol–water partition coefficient (Wildman–Crippen LogP) is 3.35. The lowest BCUT2D eigenvalue weighted by atomic mass is 10.2. The number of rotatable bonds is 9. The van der Waals surface area contributed by atoms with Crippen LogP contribution in [0.3, 0.4) is 0 Å². The molecule has 1 fully saturated rings. The summed E-state index contributed by atoms with van der Waals surface area (Å²) in [5.41, 5.74) is 0.521. The van der Waals surface area contributed by atoms with Gasteiger partial charge < -0.3 is 9.15 Å². The number of benzene rings is 1. The van der Waals surface area contributed by atoms with Crippen LogP contribution < -0.4 is 0 Å². The molecule has 0 bridgehead atoms. The van der Waals surface area contributed by atoms with Crippen LogP contribution in [0.15, 0.2) is 38.8 Å². The number of sulfonamides is 1. The Morgan fingerprint density at radius 2 is 2.03 bits per heavy atom. The summed E-state index contributed by atoms with van der Waals surface area (Å²) in [6, 6.07) is 6.50. The van der Waals surface area contributed by atoms with Gasteiger partial charge in [0.05, 0.1) is 11.5 Å². The van der Waals surface area contributed by atoms with Gasteiger partial charge in [0.2, 0.25) is 15.9 Å². The quantitative estimate of drug-likeness (QED) is 0.333. The van der Waals surface area contributed by atoms with Gasteiger partial charge in [-0.15, -0.1) is 10.2 Å². The molecule has 0 unspecified atom stereocenters. The standard InChI is InChI=1S/C19H25N3O5S2/c1-2-3-12-26-17(23)14-28-19-21-20-18(27-19)15-8-7-9-16(13-15)29(24,25)22-10-5-4-6-11-22/h7-9,13H,2-6,10-12,14H2,1H3. The summed E-state index contributed by atoms with van der Waals surface area (Å²) in [5, 5.41) is 8.13. The van der Waals surface area contributed by atoms with Crippen LogP contribution in [0.5, 0.6) is 0 Å². The molecule has 2 aromatic rings. The first kappa shape index (κ1) is 21.8. The van der Waals surface area contributed by atoms with E-state index in [2.05, 4.69) is 10.2 Å². The zero-order valence-corrected chi connectivity index (χ0v) is 18.0. The molecule has 0 saturated carbocycles. The van der Waals surface area contributed by atoms with E-state index in [0.29, 0.717) is 25.3 Å². The van der Waals surface area contributed by atoms with Crippen LogP contribution in [0.2, 0.25) is 0 Å². The van der Waals surface area contributed by atoms with Crippen LogP contribution in [0.1, 0.15) is 39.0 Å². The van der Waals surface area contributed by atoms with E-state index in [1.165, 1.54) is 4.31 Å². The molecule has 0 N–H and O–H groups in total. The lowest BCUT2D eigenvalue weighted by Gasteiger charge is -2.25. The summed E-state index contributed by atoms with van der Waals surface area (Å²) in [6.45, 7) is 3.52. The molecule has 2 heterocycles. The summed E-state index contributed by atoms with van der Waals surface area (Å²) in [5.74, 6) is -0.0466. The van der Waals surface area contributed by atoms with E-state index in [0.717, 1.165) is 43.9 Å². The summed E-state index contributed by atoms with van der Waals surface area (Å²) in [6.07, 6.45) is 4.60. The zero-order chi connectivity index (χ0) is 20.7. The van der Waals surface area contributed by atoms with Crippen molar-refractivity contribution >= 4 is 27.8 Å². The second-order valence-corrected chi connectivity index (χ2v) is 9.59. The number of hydrogen-bond acceptors (Lipinski definition) is 8. The molecule has 3 rings (SSSR count). The fraction of sp³-hybridized carbons (Fsp3) is 0.526. The average Bonchev–Trinajstić information content (AvgIpc) is 3.22. The van der Waals surface area contributed by atoms with Gasteiger partial charge in [-0.05, 0) is 37.5 Å². The van der Waals surface area contributed by atoms with Gasteiger partial charge in [-0.25, -0.2) is 8.42 Å². The number of nitrogens with zero attached hydrogens (tertiary/aromatic N) is 3. The smallest absolute Gasteiger partial charge is 0.316 e. The van der Waals surface area contributed by atoms with E-state index in [1.54, 1.807) is 24.3 Å². The Labute approximate surface area is 175 Å². The van der Waals surface area contributed by atoms with Crippen molar-refractivity contribution in [1.29, 1.82) is 0 Å². The van der Waals surface area contributed by atoms with Crippen LogP contribution in [0, 0.1) is 0 Å². The number of thioether (sulfide) groups is 1. The largest absolute Gasteiger partial charge is 0.465 e. The van der Waals surface area contributed by atoms with Crippen molar-refractivity contribution in [3.8, 4) is 11.5 Å². The van der Waals surface area contributed by atoms with Gasteiger partial charge in [0.1, 0.15) is 5.75 Å². The normalized spacial score (nSPS) is 15.3. The minimum absolute atomic E-state index is 0.0781. The number of carbonyl (C=O) groups is 1. The van der Waals surface area contributed by atoms with Gasteiger partial charge in [0.15, 0.2) is 0 Å². The highest BCUT2D eigenvalue weighted by Crippen LogP contribution is 2.27. The first-order valence-corrected chi connectivity index (χ1v) is 12.2. The maximum Gasteiger partial charge on any atom is 0.316 e. The van der Waals surface area contributed by atoms with Gasteiger partial charge in [-0.2, -0.15) is 4.31 Å². The van der Waals surface area contributed by atoms with E-state index < -0.39 is 10.0 Å². The molecule has 10 heteroatoms. The van der Waals surface area contributed by atoms with Crippen molar-refractivity contribution < 1.29 is 22.4 Å². The number of esters is 1. The lowest BCUT2D eigenvalue weighted by Crippen LogP contribution is -2.35. The highest BCUT2D eigenvalue weighted by atomic mass is 32.2. The molecule has 0 aliphatic carbocycles. The molecule has 158 valence electrons. The van der Waals surface area contributed by atoms with Gasteiger partial charge in [0.25, 0.3) is 5.22 Å². The monoisotopic (exact) mass is 439 g/mol. The first-order chi connectivity index (χ1) is 14.0. The third kappa shape index (κ3) is 5.80. The Bertz CT molecular complexity index is 923. The van der Waals surface area contributed by atoms with Crippen molar-refractivity contribution in [3.05, 3.63) is 24.3 Å². The Kier molecular flexibility index (Phi) is 7.68. The summed E-state index contributed by atoms with van der Waals surface area (Å²) < 4.78 is 37.9. The molecule has 1 saturated heterocycles. The van der Waals surface area contributed by atoms with Gasteiger partial charge >= 0.3 is 5.97 Å². The third-order valence-electron chi connectivity index (χ3n) is 4.51. The Balaban J connectivity index is 1.66. The zero-order valence-electron chi connectivity index (χ0n) is 16.4. The molecular formula is C19H25N3O5S2. The van der Waals surface area contributed by atoms with Crippen molar-refractivity contribution in [3.63, 3.8) is 0 Å². The highest BCUT2D eigenvalue weighted by Gasteiger charge is 2.26. The van der Waals surface area contributed by atoms with E-state index >= 15 is 0 Å². The van der Waals surface area contributed by atoms with E-state index in [9.17, 15) is 13.2 Å². The summed E-state index contributed by atoms with van der Waals surface area (Å²) in [7, 11) is -3.54. The molecule has 29 heavy (non-hydrogen) atoms. The van der Waals surface area contributed by atoms with E-state index in [1.807, 2.05) is 6.92 Å². The fourth-order valence-electron chi connectivity index (χ4n) is 2.92. The number of unbranched alkanes of at least 4 members (excludes halogenated alkanes) is 1. The molecule has 0 amide bonds. The summed E-state index contributed by atoms with van der Waals surface area (Å²) in [4.78, 5) is 11.9. The number of aromatic nitrogens is 2. The number of ether oxygens (including phenoxy) is 1.